The smallest absolute Gasteiger partial charge is 0.335 e. The van der Waals surface area contributed by atoms with Gasteiger partial charge in [-0.1, -0.05) is 92.2 Å². The molecule has 4 aliphatic heterocycles. The molecule has 8 aromatic carbocycles. The summed E-state index contributed by atoms with van der Waals surface area (Å²) in [5, 5.41) is 13.6. The van der Waals surface area contributed by atoms with Crippen LogP contribution < -0.4 is 50.4 Å². The third-order valence-electron chi connectivity index (χ3n) is 24.3. The van der Waals surface area contributed by atoms with Gasteiger partial charge in [0.05, 0.1) is 137 Å². The van der Waals surface area contributed by atoms with Crippen molar-refractivity contribution in [1.82, 2.24) is 38.7 Å². The molecule has 2 fully saturated rings. The van der Waals surface area contributed by atoms with Crippen LogP contribution in [0.25, 0.3) is 22.1 Å². The molecule has 42 heteroatoms. The minimum Gasteiger partial charge on any atom is -0.493 e. The maximum absolute atomic E-state index is 14.0. The number of unbranched alkanes of at least 4 members (excludes halogenated alkanes) is 4. The number of carboxylic acids is 1. The van der Waals surface area contributed by atoms with Gasteiger partial charge in [-0.15, -0.1) is 0 Å². The van der Waals surface area contributed by atoms with E-state index < -0.39 is 96.5 Å². The zero-order valence-electron chi connectivity index (χ0n) is 84.5. The van der Waals surface area contributed by atoms with Gasteiger partial charge < -0.3 is 61.9 Å². The van der Waals surface area contributed by atoms with Crippen LogP contribution in [0, 0.1) is 0 Å². The van der Waals surface area contributed by atoms with Crippen LogP contribution in [0.4, 0.5) is 0 Å². The zero-order chi connectivity index (χ0) is 107. The highest BCUT2D eigenvalue weighted by atomic mass is 127. The topological polar surface area (TPSA) is 489 Å². The van der Waals surface area contributed by atoms with Gasteiger partial charge in [0, 0.05) is 128 Å². The number of aromatic nitrogens is 4. The van der Waals surface area contributed by atoms with E-state index in [0.717, 1.165) is 48.2 Å². The number of ether oxygens (including phenoxy) is 12. The van der Waals surface area contributed by atoms with Crippen LogP contribution in [0.1, 0.15) is 203 Å². The van der Waals surface area contributed by atoms with E-state index in [4.69, 9.17) is 56.8 Å². The molecule has 0 bridgehead atoms. The van der Waals surface area contributed by atoms with Crippen molar-refractivity contribution in [3.8, 4) is 46.0 Å². The molecular formula is C107H125IN8O31S2. The second-order valence-corrected chi connectivity index (χ2v) is 39.1. The number of amides is 8. The summed E-state index contributed by atoms with van der Waals surface area (Å²) < 4.78 is 129. The van der Waals surface area contributed by atoms with Crippen LogP contribution >= 0.6 is 22.6 Å². The molecular weight excluding hydrogens is 2080 g/mol. The quantitative estimate of drug-likeness (QED) is 0.0105. The molecule has 39 nitrogen and oxygen atoms in total. The largest absolute Gasteiger partial charge is 0.493 e. The van der Waals surface area contributed by atoms with Crippen molar-refractivity contribution in [3.05, 3.63) is 223 Å². The number of aryl methyl sites for hydroxylation is 4. The number of carbonyl (C=O) groups excluding carboxylic acids is 11. The SMILES string of the molecule is CCCCOCCOCCOCCCCC(=O)COc1cccc2c1C(=O)N(C1CCC(=O)NC1=O)C2=O.CCCOc1cccc(Oc2cc3c(cc2CS(=O)(=O)c2cccc(C(=O)CCCCOCCOCCOCCCCC(=O)COc4cccc5c4C(=O)N(C4CCC(=O)NC4=O)C5=O)c2)n(C)c(=O)n3C)c1.CCCOc1cccc(Oc2cc3c(cc2CS(=O)(=O)c2cccc(C(=O)O)c2)n(C)c(=O)n3C)c1.CI. The molecule has 0 aliphatic carbocycles. The van der Waals surface area contributed by atoms with E-state index >= 15 is 0 Å². The molecule has 0 radical (unpaired) electrons. The lowest BCUT2D eigenvalue weighted by molar-refractivity contribution is -0.137. The number of aromatic carboxylic acids is 1. The van der Waals surface area contributed by atoms with E-state index in [9.17, 15) is 89.1 Å². The molecule has 2 aromatic heterocycles. The summed E-state index contributed by atoms with van der Waals surface area (Å²) in [6.07, 6.45) is 8.33. The Bertz CT molecular complexity index is 6870. The van der Waals surface area contributed by atoms with E-state index in [1.807, 2.05) is 18.8 Å². The zero-order valence-corrected chi connectivity index (χ0v) is 88.3. The number of imidazole rings is 2. The van der Waals surface area contributed by atoms with E-state index in [1.54, 1.807) is 119 Å². The number of hydrogen-bond acceptors (Lipinski definition) is 30. The molecule has 14 rings (SSSR count). The van der Waals surface area contributed by atoms with E-state index in [1.165, 1.54) is 78.9 Å². The Morgan fingerprint density at radius 3 is 1.10 bits per heavy atom. The molecule has 798 valence electrons. The first-order chi connectivity index (χ1) is 71.7. The first kappa shape index (κ1) is 116. The normalized spacial score (nSPS) is 14.4. The van der Waals surface area contributed by atoms with Gasteiger partial charge in [0.2, 0.25) is 23.6 Å². The molecule has 0 spiro atoms. The van der Waals surface area contributed by atoms with Crippen molar-refractivity contribution in [2.24, 2.45) is 28.2 Å². The molecule has 4 aliphatic rings. The second kappa shape index (κ2) is 56.8. The highest BCUT2D eigenvalue weighted by Crippen LogP contribution is 2.40. The molecule has 2 saturated heterocycles. The van der Waals surface area contributed by atoms with Gasteiger partial charge in [0.1, 0.15) is 71.3 Å². The number of nitrogens with zero attached hydrogens (tertiary/aromatic N) is 6. The van der Waals surface area contributed by atoms with E-state index in [2.05, 4.69) is 40.1 Å². The Hall–Kier alpha value is -13.5. The van der Waals surface area contributed by atoms with Gasteiger partial charge in [0.25, 0.3) is 23.6 Å². The lowest BCUT2D eigenvalue weighted by Gasteiger charge is -2.27. The first-order valence-corrected chi connectivity index (χ1v) is 54.6. The number of rotatable bonds is 56. The number of fused-ring (bicyclic) bond motifs is 4. The fourth-order valence-electron chi connectivity index (χ4n) is 16.5. The van der Waals surface area contributed by atoms with Gasteiger partial charge in [-0.05, 0) is 167 Å². The molecule has 6 heterocycles. The maximum Gasteiger partial charge on any atom is 0.335 e. The number of alkyl halides is 1. The monoisotopic (exact) mass is 2210 g/mol. The van der Waals surface area contributed by atoms with Gasteiger partial charge >= 0.3 is 17.3 Å². The summed E-state index contributed by atoms with van der Waals surface area (Å²) >= 11 is 2.15. The third kappa shape index (κ3) is 31.6. The lowest BCUT2D eigenvalue weighted by Crippen LogP contribution is -2.54. The minimum atomic E-state index is -3.99. The highest BCUT2D eigenvalue weighted by molar-refractivity contribution is 14.1. The van der Waals surface area contributed by atoms with Crippen LogP contribution in [0.5, 0.6) is 46.0 Å². The standard InChI is InChI=1S/C53H60N4O15S.C27H36N2O9.C26H26N2O7S.CH3I/c1-4-22-70-38-14-10-15-39(31-38)72-47-32-44-43(55(2)53(64)56(44)3)30-36(47)34-73(65,66)40-16-9-12-35(29-40)45(59)18-6-8-24-68-26-28-69-27-25-67-23-7-5-13-37(58)33-71-46-19-11-17-41-49(46)52(63)57(51(41)62)42-20-21-48(60)54-50(42)61;1-2-3-12-35-14-16-37-17-15-36-13-5-4-7-19(30)18-38-22-9-6-8-20-24(22)27(34)29(26(20)33)21-10-11-23(31)28-25(21)32;1-4-11-34-19-8-6-9-20(14-19)35-24-15-23-22(27(2)26(31)28(23)3)13-18(24)16-36(32,33)21-10-5-7-17(12-21)25(29)30;1-2/h9-12,14-17,19,29-32,42H,4-8,13,18,20-28,33-34H2,1-3H3,(H,54,60,61);6,8-9,21H,2-5,7,10-18H2,1H3,(H,28,31,32);5-10,12-15H,4,11,16H2,1-3H3,(H,29,30);1H3. The summed E-state index contributed by atoms with van der Waals surface area (Å²) in [4.78, 5) is 178. The molecule has 149 heavy (non-hydrogen) atoms. The predicted octanol–water partition coefficient (Wildman–Crippen LogP) is 13.3. The van der Waals surface area contributed by atoms with Crippen molar-refractivity contribution in [2.45, 2.75) is 163 Å². The summed E-state index contributed by atoms with van der Waals surface area (Å²) in [5.41, 5.74) is 2.70. The van der Waals surface area contributed by atoms with Crippen LogP contribution in [0.15, 0.2) is 177 Å². The minimum absolute atomic E-state index is 0.00384. The molecule has 2 unspecified atom stereocenters. The Labute approximate surface area is 875 Å². The van der Waals surface area contributed by atoms with Crippen molar-refractivity contribution < 1.29 is 136 Å². The number of sulfone groups is 2. The Balaban J connectivity index is 0.000000232. The highest BCUT2D eigenvalue weighted by Gasteiger charge is 2.48. The number of benzene rings is 8. The van der Waals surface area contributed by atoms with Gasteiger partial charge in [-0.25, -0.2) is 31.2 Å². The number of hydrogen-bond donors (Lipinski definition) is 3. The number of Topliss-reactive ketones (excluding diaryl/α,β-unsaturated/α-hetero) is 3. The number of halogens is 1. The molecule has 10 aromatic rings. The summed E-state index contributed by atoms with van der Waals surface area (Å²) in [6.45, 7) is 12.3. The van der Waals surface area contributed by atoms with Crippen molar-refractivity contribution in [2.75, 3.05) is 111 Å². The van der Waals surface area contributed by atoms with E-state index in [-0.39, 0.29) is 147 Å². The number of carboxylic acid groups (broad SMARTS) is 1. The van der Waals surface area contributed by atoms with E-state index in [0.29, 0.717) is 187 Å². The lowest BCUT2D eigenvalue weighted by atomic mass is 10.0. The predicted molar refractivity (Wildman–Crippen MR) is 555 cm³/mol. The van der Waals surface area contributed by atoms with Gasteiger partial charge in [-0.3, -0.25) is 91.4 Å². The summed E-state index contributed by atoms with van der Waals surface area (Å²) in [7, 11) is -1.46. The van der Waals surface area contributed by atoms with Crippen molar-refractivity contribution in [1.29, 1.82) is 0 Å². The van der Waals surface area contributed by atoms with Crippen LogP contribution in [-0.2, 0) is 117 Å². The summed E-state index contributed by atoms with van der Waals surface area (Å²) in [6, 6.07) is 38.7. The Morgan fingerprint density at radius 1 is 0.369 bits per heavy atom. The summed E-state index contributed by atoms with van der Waals surface area (Å²) in [5.74, 6) is -4.83. The van der Waals surface area contributed by atoms with Gasteiger partial charge in [0.15, 0.2) is 37.0 Å². The number of ketones is 3. The number of piperidine rings is 2. The number of nitrogens with one attached hydrogen (secondary N) is 2. The molecule has 8 amide bonds. The average molecular weight is 2210 g/mol. The molecule has 2 atom stereocenters. The number of carbonyl (C=O) groups is 12. The van der Waals surface area contributed by atoms with Gasteiger partial charge in [-0.2, -0.15) is 0 Å². The van der Waals surface area contributed by atoms with Crippen molar-refractivity contribution in [3.63, 3.8) is 0 Å². The molecule has 0 saturated carbocycles. The average Bonchev–Trinajstić information content (AvgIpc) is 1.58. The Kier molecular flexibility index (Phi) is 44.1. The second-order valence-electron chi connectivity index (χ2n) is 35.2. The number of imide groups is 4. The third-order valence-corrected chi connectivity index (χ3v) is 27.6. The molecule has 3 N–H and O–H groups in total. The van der Waals surface area contributed by atoms with Crippen LogP contribution in [0.3, 0.4) is 0 Å². The van der Waals surface area contributed by atoms with Crippen molar-refractivity contribution >= 4 is 135 Å². The fraction of sp³-hybridized carbons (Fsp3) is 0.421. The fourth-order valence-corrected chi connectivity index (χ4v) is 19.2. The first-order valence-electron chi connectivity index (χ1n) is 49.1. The van der Waals surface area contributed by atoms with Crippen LogP contribution in [-0.4, -0.2) is 243 Å². The maximum atomic E-state index is 14.0. The van der Waals surface area contributed by atoms with Crippen LogP contribution in [0.2, 0.25) is 0 Å². The Morgan fingerprint density at radius 2 is 0.718 bits per heavy atom.